The Hall–Kier alpha value is -2.60. The van der Waals surface area contributed by atoms with E-state index in [2.05, 4.69) is 10.6 Å². The smallest absolute Gasteiger partial charge is 0.287 e. The lowest BCUT2D eigenvalue weighted by Gasteiger charge is -2.13. The summed E-state index contributed by atoms with van der Waals surface area (Å²) in [5.74, 6) is -0.160. The summed E-state index contributed by atoms with van der Waals surface area (Å²) in [5, 5.41) is 5.53. The highest BCUT2D eigenvalue weighted by atomic mass is 16.3. The fourth-order valence-electron chi connectivity index (χ4n) is 2.22. The van der Waals surface area contributed by atoms with Gasteiger partial charge in [-0.25, -0.2) is 0 Å². The van der Waals surface area contributed by atoms with Crippen LogP contribution in [0.4, 0.5) is 0 Å². The van der Waals surface area contributed by atoms with Crippen LogP contribution in [0.3, 0.4) is 0 Å². The van der Waals surface area contributed by atoms with Crippen molar-refractivity contribution >= 4 is 11.8 Å². The molecule has 1 atom stereocenters. The van der Waals surface area contributed by atoms with E-state index in [0.717, 1.165) is 16.7 Å². The number of benzene rings is 1. The molecule has 1 heterocycles. The molecule has 0 saturated carbocycles. The highest BCUT2D eigenvalue weighted by Gasteiger charge is 2.15. The van der Waals surface area contributed by atoms with Gasteiger partial charge in [0.15, 0.2) is 5.76 Å². The third kappa shape index (κ3) is 4.70. The van der Waals surface area contributed by atoms with Crippen LogP contribution in [0.2, 0.25) is 0 Å². The molecule has 0 spiro atoms. The second-order valence-corrected chi connectivity index (χ2v) is 5.72. The molecule has 2 rings (SSSR count). The zero-order valence-electron chi connectivity index (χ0n) is 14.0. The Labute approximate surface area is 141 Å². The number of nitrogens with two attached hydrogens (primary N) is 1. The van der Waals surface area contributed by atoms with Crippen LogP contribution in [0.25, 0.3) is 0 Å². The van der Waals surface area contributed by atoms with Crippen LogP contribution >= 0.6 is 0 Å². The first kappa shape index (κ1) is 17.7. The summed E-state index contributed by atoms with van der Waals surface area (Å²) in [6.07, 6.45) is 2.09. The number of hydrogen-bond acceptors (Lipinski definition) is 4. The van der Waals surface area contributed by atoms with Crippen molar-refractivity contribution in [3.05, 3.63) is 59.0 Å². The van der Waals surface area contributed by atoms with Crippen molar-refractivity contribution in [1.29, 1.82) is 0 Å². The van der Waals surface area contributed by atoms with Crippen LogP contribution in [0.15, 0.2) is 41.0 Å². The van der Waals surface area contributed by atoms with E-state index in [0.29, 0.717) is 25.3 Å². The van der Waals surface area contributed by atoms with Crippen molar-refractivity contribution in [2.75, 3.05) is 13.1 Å². The minimum absolute atomic E-state index is 0.230. The topological polar surface area (TPSA) is 97.4 Å². The number of furan rings is 1. The molecule has 0 radical (unpaired) electrons. The largest absolute Gasteiger partial charge is 0.459 e. The zero-order chi connectivity index (χ0) is 17.5. The molecule has 0 aliphatic heterocycles. The third-order valence-electron chi connectivity index (χ3n) is 3.73. The second-order valence-electron chi connectivity index (χ2n) is 5.72. The van der Waals surface area contributed by atoms with Crippen molar-refractivity contribution in [3.63, 3.8) is 0 Å². The number of carbonyl (C=O) groups is 2. The molecule has 1 aromatic heterocycles. The van der Waals surface area contributed by atoms with Crippen LogP contribution < -0.4 is 16.4 Å². The molecule has 0 saturated heterocycles. The van der Waals surface area contributed by atoms with E-state index < -0.39 is 6.04 Å². The van der Waals surface area contributed by atoms with Gasteiger partial charge in [0.05, 0.1) is 6.26 Å². The van der Waals surface area contributed by atoms with Crippen molar-refractivity contribution in [2.45, 2.75) is 26.3 Å². The highest BCUT2D eigenvalue weighted by molar-refractivity contribution is 5.92. The molecule has 0 bridgehead atoms. The maximum Gasteiger partial charge on any atom is 0.287 e. The average Bonchev–Trinajstić information content (AvgIpc) is 3.00. The monoisotopic (exact) mass is 329 g/mol. The van der Waals surface area contributed by atoms with Crippen molar-refractivity contribution in [2.24, 2.45) is 5.73 Å². The molecule has 0 aliphatic rings. The van der Waals surface area contributed by atoms with Crippen molar-refractivity contribution < 1.29 is 14.0 Å². The SMILES string of the molecule is Cc1ccc(C(N)C(=O)NCCCNC(=O)c2occc2C)cc1. The molecule has 24 heavy (non-hydrogen) atoms. The number of hydrogen-bond donors (Lipinski definition) is 3. The second kappa shape index (κ2) is 8.31. The maximum atomic E-state index is 12.0. The molecule has 1 aromatic carbocycles. The molecule has 128 valence electrons. The van der Waals surface area contributed by atoms with Gasteiger partial charge < -0.3 is 20.8 Å². The fourth-order valence-corrected chi connectivity index (χ4v) is 2.22. The van der Waals surface area contributed by atoms with E-state index in [-0.39, 0.29) is 11.8 Å². The average molecular weight is 329 g/mol. The van der Waals surface area contributed by atoms with Crippen LogP contribution in [0.1, 0.15) is 39.7 Å². The first-order valence-electron chi connectivity index (χ1n) is 7.91. The van der Waals surface area contributed by atoms with E-state index >= 15 is 0 Å². The summed E-state index contributed by atoms with van der Waals surface area (Å²) in [6.45, 7) is 4.67. The molecule has 0 fully saturated rings. The fraction of sp³-hybridized carbons (Fsp3) is 0.333. The Balaban J connectivity index is 1.68. The van der Waals surface area contributed by atoms with Crippen LogP contribution in [0.5, 0.6) is 0 Å². The third-order valence-corrected chi connectivity index (χ3v) is 3.73. The van der Waals surface area contributed by atoms with Gasteiger partial charge in [-0.05, 0) is 31.9 Å². The Morgan fingerprint density at radius 2 is 1.75 bits per heavy atom. The predicted octanol–water partition coefficient (Wildman–Crippen LogP) is 1.83. The van der Waals surface area contributed by atoms with Gasteiger partial charge in [-0.3, -0.25) is 9.59 Å². The van der Waals surface area contributed by atoms with Crippen LogP contribution in [-0.4, -0.2) is 24.9 Å². The minimum Gasteiger partial charge on any atom is -0.459 e. The standard InChI is InChI=1S/C18H23N3O3/c1-12-4-6-14(7-5-12)15(19)17(22)20-9-3-10-21-18(23)16-13(2)8-11-24-16/h4-8,11,15H,3,9-10,19H2,1-2H3,(H,20,22)(H,21,23). The maximum absolute atomic E-state index is 12.0. The Bertz CT molecular complexity index is 692. The van der Waals surface area contributed by atoms with E-state index in [1.165, 1.54) is 6.26 Å². The number of carbonyl (C=O) groups excluding carboxylic acids is 2. The number of aryl methyl sites for hydroxylation is 2. The molecule has 0 aliphatic carbocycles. The van der Waals surface area contributed by atoms with Gasteiger partial charge in [-0.15, -0.1) is 0 Å². The van der Waals surface area contributed by atoms with Gasteiger partial charge in [0.2, 0.25) is 5.91 Å². The normalized spacial score (nSPS) is 11.8. The lowest BCUT2D eigenvalue weighted by Crippen LogP contribution is -2.36. The first-order valence-corrected chi connectivity index (χ1v) is 7.91. The Morgan fingerprint density at radius 1 is 1.08 bits per heavy atom. The number of rotatable bonds is 7. The first-order chi connectivity index (χ1) is 11.5. The van der Waals surface area contributed by atoms with Crippen LogP contribution in [-0.2, 0) is 4.79 Å². The Kier molecular flexibility index (Phi) is 6.14. The van der Waals surface area contributed by atoms with E-state index in [1.54, 1.807) is 6.07 Å². The van der Waals surface area contributed by atoms with Gasteiger partial charge in [0.25, 0.3) is 5.91 Å². The lowest BCUT2D eigenvalue weighted by atomic mass is 10.1. The lowest BCUT2D eigenvalue weighted by molar-refractivity contribution is -0.122. The Morgan fingerprint density at radius 3 is 2.38 bits per heavy atom. The van der Waals surface area contributed by atoms with Gasteiger partial charge >= 0.3 is 0 Å². The van der Waals surface area contributed by atoms with E-state index in [9.17, 15) is 9.59 Å². The van der Waals surface area contributed by atoms with Gasteiger partial charge in [0.1, 0.15) is 6.04 Å². The van der Waals surface area contributed by atoms with Gasteiger partial charge in [0, 0.05) is 18.7 Å². The summed E-state index contributed by atoms with van der Waals surface area (Å²) in [5.41, 5.74) is 8.63. The molecular formula is C18H23N3O3. The summed E-state index contributed by atoms with van der Waals surface area (Å²) in [6, 6.07) is 8.60. The van der Waals surface area contributed by atoms with Crippen molar-refractivity contribution in [3.8, 4) is 0 Å². The summed E-state index contributed by atoms with van der Waals surface area (Å²) < 4.78 is 5.11. The van der Waals surface area contributed by atoms with Crippen molar-refractivity contribution in [1.82, 2.24) is 10.6 Å². The van der Waals surface area contributed by atoms with E-state index in [4.69, 9.17) is 10.2 Å². The summed E-state index contributed by atoms with van der Waals surface area (Å²) in [4.78, 5) is 23.9. The van der Waals surface area contributed by atoms with Gasteiger partial charge in [-0.2, -0.15) is 0 Å². The molecule has 6 nitrogen and oxygen atoms in total. The quantitative estimate of drug-likeness (QED) is 0.675. The van der Waals surface area contributed by atoms with E-state index in [1.807, 2.05) is 38.1 Å². The molecule has 2 amide bonds. The molecular weight excluding hydrogens is 306 g/mol. The molecule has 2 aromatic rings. The molecule has 4 N–H and O–H groups in total. The van der Waals surface area contributed by atoms with Crippen LogP contribution in [0, 0.1) is 13.8 Å². The summed E-state index contributed by atoms with van der Waals surface area (Å²) in [7, 11) is 0. The predicted molar refractivity (Wildman–Crippen MR) is 91.5 cm³/mol. The summed E-state index contributed by atoms with van der Waals surface area (Å²) >= 11 is 0. The number of nitrogens with one attached hydrogen (secondary N) is 2. The van der Waals surface area contributed by atoms with Gasteiger partial charge in [-0.1, -0.05) is 29.8 Å². The molecule has 1 unspecified atom stereocenters. The highest BCUT2D eigenvalue weighted by Crippen LogP contribution is 2.11. The zero-order valence-corrected chi connectivity index (χ0v) is 14.0. The minimum atomic E-state index is -0.689. The number of amides is 2. The molecule has 6 heteroatoms.